The Morgan fingerprint density at radius 1 is 1.18 bits per heavy atom. The van der Waals surface area contributed by atoms with Crippen LogP contribution in [0.3, 0.4) is 0 Å². The van der Waals surface area contributed by atoms with Crippen LogP contribution in [0, 0.1) is 11.7 Å². The molecule has 0 radical (unpaired) electrons. The van der Waals surface area contributed by atoms with Crippen LogP contribution in [0.4, 0.5) is 11.4 Å². The molecule has 4 rings (SSSR count). The Kier molecular flexibility index (Phi) is 7.39. The van der Waals surface area contributed by atoms with Gasteiger partial charge in [-0.3, -0.25) is 19.3 Å². The third-order valence-electron chi connectivity index (χ3n) is 5.66. The summed E-state index contributed by atoms with van der Waals surface area (Å²) in [6.45, 7) is 5.04. The number of nitrogens with zero attached hydrogens (tertiary/aromatic N) is 4. The van der Waals surface area contributed by atoms with Crippen LogP contribution in [0.15, 0.2) is 48.5 Å². The third kappa shape index (κ3) is 5.70. The van der Waals surface area contributed by atoms with Crippen molar-refractivity contribution in [3.63, 3.8) is 0 Å². The lowest BCUT2D eigenvalue weighted by molar-refractivity contribution is -0.133. The minimum atomic E-state index is -0.273. The quantitative estimate of drug-likeness (QED) is 0.505. The number of benzene rings is 2. The van der Waals surface area contributed by atoms with Crippen LogP contribution in [0.1, 0.15) is 5.56 Å². The number of nitrogens with one attached hydrogen (secondary N) is 2. The van der Waals surface area contributed by atoms with Crippen LogP contribution < -0.4 is 10.2 Å². The summed E-state index contributed by atoms with van der Waals surface area (Å²) in [5.74, 6) is 0.0640. The molecule has 1 aliphatic rings. The van der Waals surface area contributed by atoms with Gasteiger partial charge >= 0.3 is 0 Å². The summed E-state index contributed by atoms with van der Waals surface area (Å²) in [6.07, 6.45) is 0. The molecule has 0 saturated carbocycles. The number of hydrogen-bond donors (Lipinski definition) is 2. The molecule has 2 N–H and O–H groups in total. The van der Waals surface area contributed by atoms with Crippen molar-refractivity contribution in [2.24, 2.45) is 0 Å². The van der Waals surface area contributed by atoms with E-state index in [1.807, 2.05) is 55.5 Å². The first kappa shape index (κ1) is 23.7. The van der Waals surface area contributed by atoms with Crippen LogP contribution in [0.5, 0.6) is 0 Å². The number of aromatic nitrogens is 3. The summed E-state index contributed by atoms with van der Waals surface area (Å²) >= 11 is 5.33. The normalized spacial score (nSPS) is 13.5. The smallest absolute Gasteiger partial charge is 0.243 e. The Balaban J connectivity index is 1.35. The zero-order valence-electron chi connectivity index (χ0n) is 19.3. The number of amides is 2. The first-order chi connectivity index (χ1) is 16.4. The van der Waals surface area contributed by atoms with Gasteiger partial charge < -0.3 is 19.9 Å². The summed E-state index contributed by atoms with van der Waals surface area (Å²) < 4.78 is 7.38. The fourth-order valence-corrected chi connectivity index (χ4v) is 4.00. The second-order valence-corrected chi connectivity index (χ2v) is 8.64. The second-order valence-electron chi connectivity index (χ2n) is 8.25. The minimum absolute atomic E-state index is 0.0172. The van der Waals surface area contributed by atoms with Gasteiger partial charge in [0.25, 0.3) is 0 Å². The highest BCUT2D eigenvalue weighted by Gasteiger charge is 2.18. The molecule has 2 aromatic carbocycles. The van der Waals surface area contributed by atoms with E-state index >= 15 is 0 Å². The molecule has 1 saturated heterocycles. The van der Waals surface area contributed by atoms with Crippen molar-refractivity contribution < 1.29 is 14.3 Å². The van der Waals surface area contributed by atoms with Crippen LogP contribution in [0.25, 0.3) is 11.4 Å². The summed E-state index contributed by atoms with van der Waals surface area (Å²) in [4.78, 5) is 29.0. The number of ether oxygens (including phenoxy) is 1. The summed E-state index contributed by atoms with van der Waals surface area (Å²) in [5, 5.41) is 9.89. The van der Waals surface area contributed by atoms with E-state index in [1.165, 1.54) is 4.90 Å². The average molecular weight is 481 g/mol. The van der Waals surface area contributed by atoms with E-state index in [0.717, 1.165) is 43.1 Å². The SMILES string of the molecule is Cc1cccc(-c2n[nH]c(=S)n2CC(=O)N(C)CC(=O)Nc2ccc(N3CCOCC3)cc2)c1. The van der Waals surface area contributed by atoms with Crippen LogP contribution >= 0.6 is 12.2 Å². The van der Waals surface area contributed by atoms with Gasteiger partial charge in [-0.25, -0.2) is 0 Å². The monoisotopic (exact) mass is 480 g/mol. The number of carbonyl (C=O) groups is 2. The van der Waals surface area contributed by atoms with E-state index < -0.39 is 0 Å². The number of H-pyrrole nitrogens is 1. The van der Waals surface area contributed by atoms with E-state index in [2.05, 4.69) is 20.4 Å². The predicted molar refractivity (Wildman–Crippen MR) is 133 cm³/mol. The first-order valence-corrected chi connectivity index (χ1v) is 11.5. The fraction of sp³-hybridized carbons (Fsp3) is 0.333. The summed E-state index contributed by atoms with van der Waals surface area (Å²) in [5.41, 5.74) is 3.72. The molecule has 0 spiro atoms. The molecule has 0 bridgehead atoms. The number of hydrogen-bond acceptors (Lipinski definition) is 6. The van der Waals surface area contributed by atoms with E-state index in [1.54, 1.807) is 11.6 Å². The topological polar surface area (TPSA) is 95.5 Å². The zero-order chi connectivity index (χ0) is 24.1. The molecule has 10 heteroatoms. The van der Waals surface area contributed by atoms with Gasteiger partial charge in [0, 0.05) is 37.1 Å². The van der Waals surface area contributed by atoms with E-state index in [4.69, 9.17) is 17.0 Å². The van der Waals surface area contributed by atoms with Crippen molar-refractivity contribution in [1.82, 2.24) is 19.7 Å². The van der Waals surface area contributed by atoms with Gasteiger partial charge in [-0.05, 0) is 49.5 Å². The van der Waals surface area contributed by atoms with E-state index in [-0.39, 0.29) is 24.9 Å². The first-order valence-electron chi connectivity index (χ1n) is 11.1. The maximum Gasteiger partial charge on any atom is 0.243 e. The molecule has 0 unspecified atom stereocenters. The maximum atomic E-state index is 12.8. The van der Waals surface area contributed by atoms with Gasteiger partial charge in [-0.15, -0.1) is 0 Å². The van der Waals surface area contributed by atoms with Gasteiger partial charge in [0.05, 0.1) is 19.8 Å². The van der Waals surface area contributed by atoms with E-state index in [0.29, 0.717) is 16.3 Å². The minimum Gasteiger partial charge on any atom is -0.378 e. The van der Waals surface area contributed by atoms with Crippen molar-refractivity contribution in [2.75, 3.05) is 50.1 Å². The average Bonchev–Trinajstić information content (AvgIpc) is 3.20. The fourth-order valence-electron chi connectivity index (χ4n) is 3.81. The Labute approximate surface area is 203 Å². The van der Waals surface area contributed by atoms with Crippen molar-refractivity contribution >= 4 is 35.4 Å². The number of rotatable bonds is 7. The molecule has 1 aliphatic heterocycles. The summed E-state index contributed by atoms with van der Waals surface area (Å²) in [6, 6.07) is 15.5. The molecule has 1 fully saturated rings. The van der Waals surface area contributed by atoms with Crippen LogP contribution in [-0.2, 0) is 20.9 Å². The second kappa shape index (κ2) is 10.6. The highest BCUT2D eigenvalue weighted by atomic mass is 32.1. The standard InChI is InChI=1S/C24H28N6O3S/c1-17-4-3-5-18(14-17)23-26-27-24(34)30(23)16-22(32)28(2)15-21(31)25-19-6-8-20(9-7-19)29-10-12-33-13-11-29/h3-9,14H,10-13,15-16H2,1-2H3,(H,25,31)(H,27,34). The molecule has 2 amide bonds. The van der Waals surface area contributed by atoms with Crippen molar-refractivity contribution in [1.29, 1.82) is 0 Å². The number of likely N-dealkylation sites (N-methyl/N-ethyl adjacent to an activating group) is 1. The van der Waals surface area contributed by atoms with Crippen molar-refractivity contribution in [3.05, 3.63) is 58.9 Å². The van der Waals surface area contributed by atoms with E-state index in [9.17, 15) is 9.59 Å². The van der Waals surface area contributed by atoms with Crippen LogP contribution in [-0.4, -0.2) is 71.4 Å². The van der Waals surface area contributed by atoms with Gasteiger partial charge in [-0.1, -0.05) is 23.8 Å². The molecule has 1 aromatic heterocycles. The Hall–Kier alpha value is -3.50. The van der Waals surface area contributed by atoms with Crippen molar-refractivity contribution in [3.8, 4) is 11.4 Å². The number of morpholine rings is 1. The number of aryl methyl sites for hydroxylation is 1. The molecule has 178 valence electrons. The zero-order valence-corrected chi connectivity index (χ0v) is 20.1. The van der Waals surface area contributed by atoms with Gasteiger partial charge in [-0.2, -0.15) is 5.10 Å². The Bertz CT molecular complexity index is 1210. The molecular formula is C24H28N6O3S. The van der Waals surface area contributed by atoms with Gasteiger partial charge in [0.15, 0.2) is 10.6 Å². The molecule has 3 aromatic rings. The lowest BCUT2D eigenvalue weighted by Gasteiger charge is -2.28. The highest BCUT2D eigenvalue weighted by molar-refractivity contribution is 7.71. The predicted octanol–water partition coefficient (Wildman–Crippen LogP) is 2.85. The number of carbonyl (C=O) groups excluding carboxylic acids is 2. The lowest BCUT2D eigenvalue weighted by Crippen LogP contribution is -2.37. The lowest BCUT2D eigenvalue weighted by atomic mass is 10.1. The Morgan fingerprint density at radius 2 is 1.91 bits per heavy atom. The molecule has 9 nitrogen and oxygen atoms in total. The molecule has 34 heavy (non-hydrogen) atoms. The largest absolute Gasteiger partial charge is 0.378 e. The third-order valence-corrected chi connectivity index (χ3v) is 5.97. The number of anilines is 2. The van der Waals surface area contributed by atoms with Gasteiger partial charge in [0.2, 0.25) is 11.8 Å². The number of aromatic amines is 1. The molecular weight excluding hydrogens is 452 g/mol. The maximum absolute atomic E-state index is 12.8. The van der Waals surface area contributed by atoms with Crippen molar-refractivity contribution in [2.45, 2.75) is 13.5 Å². The highest BCUT2D eigenvalue weighted by Crippen LogP contribution is 2.20. The molecule has 0 aliphatic carbocycles. The summed E-state index contributed by atoms with van der Waals surface area (Å²) in [7, 11) is 1.60. The van der Waals surface area contributed by atoms with Crippen LogP contribution in [0.2, 0.25) is 0 Å². The molecule has 2 heterocycles. The molecule has 0 atom stereocenters. The Morgan fingerprint density at radius 3 is 2.62 bits per heavy atom. The van der Waals surface area contributed by atoms with Gasteiger partial charge in [0.1, 0.15) is 6.54 Å².